The van der Waals surface area contributed by atoms with Gasteiger partial charge in [0, 0.05) is 43.8 Å². The van der Waals surface area contributed by atoms with Gasteiger partial charge in [0.1, 0.15) is 0 Å². The van der Waals surface area contributed by atoms with E-state index in [-0.39, 0.29) is 0 Å². The quantitative estimate of drug-likeness (QED) is 0.836. The van der Waals surface area contributed by atoms with Gasteiger partial charge in [0.15, 0.2) is 0 Å². The fraction of sp³-hybridized carbons (Fsp3) is 0.300. The average molecular weight is 333 g/mol. The molecular formula is C20H23N5. The molecule has 25 heavy (non-hydrogen) atoms. The van der Waals surface area contributed by atoms with Gasteiger partial charge in [0.2, 0.25) is 0 Å². The average Bonchev–Trinajstić information content (AvgIpc) is 3.00. The number of rotatable bonds is 2. The number of aromatic nitrogens is 4. The van der Waals surface area contributed by atoms with E-state index in [9.17, 15) is 0 Å². The molecule has 0 atom stereocenters. The zero-order chi connectivity index (χ0) is 18.0. The van der Waals surface area contributed by atoms with Crippen molar-refractivity contribution in [1.29, 1.82) is 5.26 Å². The third-order valence-electron chi connectivity index (χ3n) is 4.62. The SMILES string of the molecule is Cc1ccn(C)n(C)ccc1-n1cc(C2=CC(C#N)=CCC2)c(C)n1. The smallest absolute Gasteiger partial charge is 0.0988 e. The molecule has 0 bridgehead atoms. The van der Waals surface area contributed by atoms with Crippen LogP contribution in [0.15, 0.2) is 48.4 Å². The molecule has 0 aliphatic heterocycles. The summed E-state index contributed by atoms with van der Waals surface area (Å²) in [6.45, 7) is 4.11. The van der Waals surface area contributed by atoms with E-state index in [1.165, 1.54) is 5.57 Å². The minimum Gasteiger partial charge on any atom is -0.297 e. The maximum Gasteiger partial charge on any atom is 0.0988 e. The van der Waals surface area contributed by atoms with Gasteiger partial charge < -0.3 is 0 Å². The monoisotopic (exact) mass is 333 g/mol. The van der Waals surface area contributed by atoms with Crippen molar-refractivity contribution in [1.82, 2.24) is 19.1 Å². The lowest BCUT2D eigenvalue weighted by Crippen LogP contribution is -2.06. The van der Waals surface area contributed by atoms with Gasteiger partial charge in [-0.25, -0.2) is 4.68 Å². The zero-order valence-electron chi connectivity index (χ0n) is 15.2. The predicted molar refractivity (Wildman–Crippen MR) is 99.5 cm³/mol. The topological polar surface area (TPSA) is 51.5 Å². The predicted octanol–water partition coefficient (Wildman–Crippen LogP) is 3.92. The normalized spacial score (nSPS) is 13.7. The molecule has 0 saturated heterocycles. The Morgan fingerprint density at radius 3 is 2.56 bits per heavy atom. The molecule has 0 fully saturated rings. The Kier molecular flexibility index (Phi) is 4.62. The summed E-state index contributed by atoms with van der Waals surface area (Å²) in [5.41, 5.74) is 6.20. The van der Waals surface area contributed by atoms with Crippen LogP contribution in [-0.4, -0.2) is 19.1 Å². The Balaban J connectivity index is 2.09. The van der Waals surface area contributed by atoms with Crippen LogP contribution in [0.25, 0.3) is 11.3 Å². The molecule has 1 aliphatic rings. The van der Waals surface area contributed by atoms with E-state index in [0.717, 1.165) is 40.9 Å². The van der Waals surface area contributed by atoms with Crippen molar-refractivity contribution in [2.45, 2.75) is 26.7 Å². The lowest BCUT2D eigenvalue weighted by molar-refractivity contribution is 0.575. The maximum absolute atomic E-state index is 9.16. The second-order valence-electron chi connectivity index (χ2n) is 6.40. The van der Waals surface area contributed by atoms with E-state index in [2.05, 4.69) is 31.3 Å². The van der Waals surface area contributed by atoms with Gasteiger partial charge in [0.25, 0.3) is 0 Å². The molecule has 2 heterocycles. The summed E-state index contributed by atoms with van der Waals surface area (Å²) >= 11 is 0. The van der Waals surface area contributed by atoms with Crippen molar-refractivity contribution in [3.05, 3.63) is 65.3 Å². The maximum atomic E-state index is 9.16. The molecule has 1 aliphatic carbocycles. The van der Waals surface area contributed by atoms with Crippen LogP contribution in [-0.2, 0) is 14.1 Å². The Morgan fingerprint density at radius 1 is 1.12 bits per heavy atom. The molecule has 0 spiro atoms. The van der Waals surface area contributed by atoms with E-state index < -0.39 is 0 Å². The lowest BCUT2D eigenvalue weighted by atomic mass is 9.95. The minimum absolute atomic E-state index is 0.738. The zero-order valence-corrected chi connectivity index (χ0v) is 15.2. The van der Waals surface area contributed by atoms with Crippen LogP contribution < -0.4 is 0 Å². The molecule has 0 amide bonds. The van der Waals surface area contributed by atoms with Gasteiger partial charge in [-0.3, -0.25) is 9.36 Å². The molecule has 0 saturated carbocycles. The van der Waals surface area contributed by atoms with Gasteiger partial charge in [-0.05, 0) is 56.0 Å². The van der Waals surface area contributed by atoms with Crippen molar-refractivity contribution in [2.24, 2.45) is 14.1 Å². The third-order valence-corrected chi connectivity index (χ3v) is 4.62. The van der Waals surface area contributed by atoms with E-state index in [1.807, 2.05) is 59.6 Å². The highest BCUT2D eigenvalue weighted by atomic mass is 15.3. The lowest BCUT2D eigenvalue weighted by Gasteiger charge is -2.10. The number of hydrogen-bond donors (Lipinski definition) is 0. The number of hydrogen-bond acceptors (Lipinski definition) is 2. The minimum atomic E-state index is 0.738. The Bertz CT molecular complexity index is 955. The molecule has 0 aromatic carbocycles. The van der Waals surface area contributed by atoms with Crippen molar-refractivity contribution in [3.63, 3.8) is 0 Å². The van der Waals surface area contributed by atoms with Crippen LogP contribution in [0, 0.1) is 25.2 Å². The van der Waals surface area contributed by atoms with Crippen LogP contribution in [0.1, 0.15) is 29.7 Å². The highest BCUT2D eigenvalue weighted by Crippen LogP contribution is 2.29. The number of allylic oxidation sites excluding steroid dienone is 4. The molecule has 0 radical (unpaired) electrons. The fourth-order valence-electron chi connectivity index (χ4n) is 2.97. The molecule has 0 unspecified atom stereocenters. The molecule has 128 valence electrons. The second-order valence-corrected chi connectivity index (χ2v) is 6.40. The summed E-state index contributed by atoms with van der Waals surface area (Å²) < 4.78 is 5.96. The molecule has 2 aromatic rings. The van der Waals surface area contributed by atoms with Gasteiger partial charge >= 0.3 is 0 Å². The summed E-state index contributed by atoms with van der Waals surface area (Å²) in [6, 6.07) is 6.40. The van der Waals surface area contributed by atoms with Gasteiger partial charge in [0.05, 0.1) is 17.5 Å². The van der Waals surface area contributed by atoms with E-state index in [1.54, 1.807) is 0 Å². The number of aryl methyl sites for hydroxylation is 4. The molecule has 3 rings (SSSR count). The van der Waals surface area contributed by atoms with E-state index in [4.69, 9.17) is 10.4 Å². The fourth-order valence-corrected chi connectivity index (χ4v) is 2.97. The first-order valence-corrected chi connectivity index (χ1v) is 8.40. The second kappa shape index (κ2) is 6.86. The van der Waals surface area contributed by atoms with Gasteiger partial charge in [-0.2, -0.15) is 10.4 Å². The summed E-state index contributed by atoms with van der Waals surface area (Å²) in [7, 11) is 4.01. The van der Waals surface area contributed by atoms with Crippen LogP contribution in [0.5, 0.6) is 0 Å². The highest BCUT2D eigenvalue weighted by Gasteiger charge is 2.14. The Labute approximate surface area is 148 Å². The Hall–Kier alpha value is -3.00. The summed E-state index contributed by atoms with van der Waals surface area (Å²) in [5, 5.41) is 13.9. The summed E-state index contributed by atoms with van der Waals surface area (Å²) in [5.74, 6) is 0. The van der Waals surface area contributed by atoms with Crippen LogP contribution in [0.4, 0.5) is 0 Å². The molecule has 5 nitrogen and oxygen atoms in total. The Morgan fingerprint density at radius 2 is 1.84 bits per heavy atom. The van der Waals surface area contributed by atoms with E-state index in [0.29, 0.717) is 0 Å². The van der Waals surface area contributed by atoms with Gasteiger partial charge in [-0.15, -0.1) is 0 Å². The van der Waals surface area contributed by atoms with Crippen LogP contribution in [0.2, 0.25) is 0 Å². The van der Waals surface area contributed by atoms with Crippen molar-refractivity contribution < 1.29 is 0 Å². The van der Waals surface area contributed by atoms with Crippen molar-refractivity contribution in [3.8, 4) is 11.8 Å². The van der Waals surface area contributed by atoms with Crippen molar-refractivity contribution in [2.75, 3.05) is 0 Å². The molecule has 5 heteroatoms. The molecule has 2 aromatic heterocycles. The van der Waals surface area contributed by atoms with E-state index >= 15 is 0 Å². The number of nitriles is 1. The van der Waals surface area contributed by atoms with Gasteiger partial charge in [-0.1, -0.05) is 6.08 Å². The number of nitrogens with zero attached hydrogens (tertiary/aromatic N) is 5. The highest BCUT2D eigenvalue weighted by molar-refractivity contribution is 5.72. The summed E-state index contributed by atoms with van der Waals surface area (Å²) in [6.07, 6.45) is 11.9. The largest absolute Gasteiger partial charge is 0.297 e. The van der Waals surface area contributed by atoms with Crippen LogP contribution >= 0.6 is 0 Å². The molecule has 0 N–H and O–H groups in total. The first-order valence-electron chi connectivity index (χ1n) is 8.40. The first-order chi connectivity index (χ1) is 12.0. The summed E-state index contributed by atoms with van der Waals surface area (Å²) in [4.78, 5) is 0. The first kappa shape index (κ1) is 16.8. The third kappa shape index (κ3) is 3.43. The molecular weight excluding hydrogens is 310 g/mol. The standard InChI is InChI=1S/C20H23N5/c1-15-8-10-23(3)24(4)11-9-20(15)25-14-19(16(2)22-25)18-7-5-6-17(12-18)13-21/h6,8-12,14H,5,7H2,1-4H3. The van der Waals surface area contributed by atoms with Crippen molar-refractivity contribution >= 4 is 5.57 Å². The van der Waals surface area contributed by atoms with Crippen LogP contribution in [0.3, 0.4) is 0 Å².